The van der Waals surface area contributed by atoms with Crippen LogP contribution in [-0.4, -0.2) is 23.1 Å². The maximum Gasteiger partial charge on any atom is 0.354 e. The topological polar surface area (TPSA) is 60.3 Å². The summed E-state index contributed by atoms with van der Waals surface area (Å²) in [5.74, 6) is -0.892. The zero-order chi connectivity index (χ0) is 22.5. The number of nitrogens with zero attached hydrogens (tertiary/aromatic N) is 1. The van der Waals surface area contributed by atoms with E-state index < -0.39 is 5.97 Å². The number of benzene rings is 3. The summed E-state index contributed by atoms with van der Waals surface area (Å²) in [7, 11) is 2.04. The molecule has 0 saturated heterocycles. The average Bonchev–Trinajstić information content (AvgIpc) is 3.11. The van der Waals surface area contributed by atoms with Crippen LogP contribution in [0.25, 0.3) is 27.9 Å². The van der Waals surface area contributed by atoms with Crippen LogP contribution in [0.5, 0.6) is 0 Å². The molecule has 0 atom stereocenters. The summed E-state index contributed by atoms with van der Waals surface area (Å²) in [6.07, 6.45) is 3.37. The molecule has 1 aromatic heterocycles. The lowest BCUT2D eigenvalue weighted by Crippen LogP contribution is -2.28. The van der Waals surface area contributed by atoms with E-state index in [0.717, 1.165) is 40.2 Å². The minimum Gasteiger partial charge on any atom is -0.461 e. The van der Waals surface area contributed by atoms with Crippen LogP contribution in [0, 0.1) is 0 Å². The van der Waals surface area contributed by atoms with E-state index in [0.29, 0.717) is 12.2 Å². The van der Waals surface area contributed by atoms with E-state index in [1.54, 1.807) is 30.3 Å². The highest BCUT2D eigenvalue weighted by molar-refractivity contribution is 6.09. The van der Waals surface area contributed by atoms with Crippen molar-refractivity contribution in [3.05, 3.63) is 89.6 Å². The summed E-state index contributed by atoms with van der Waals surface area (Å²) < 4.78 is 7.54. The van der Waals surface area contributed by atoms with Gasteiger partial charge in [0, 0.05) is 34.4 Å². The van der Waals surface area contributed by atoms with Gasteiger partial charge in [0.2, 0.25) is 0 Å². The van der Waals surface area contributed by atoms with Gasteiger partial charge >= 0.3 is 5.97 Å². The highest BCUT2D eigenvalue weighted by Gasteiger charge is 2.16. The van der Waals surface area contributed by atoms with Crippen LogP contribution in [0.3, 0.4) is 0 Å². The number of hydrogen-bond donors (Lipinski definition) is 1. The summed E-state index contributed by atoms with van der Waals surface area (Å²) >= 11 is 0. The smallest absolute Gasteiger partial charge is 0.354 e. The fourth-order valence-electron chi connectivity index (χ4n) is 3.76. The van der Waals surface area contributed by atoms with Crippen LogP contribution in [0.15, 0.2) is 78.5 Å². The molecule has 4 rings (SSSR count). The van der Waals surface area contributed by atoms with Gasteiger partial charge in [-0.3, -0.25) is 4.79 Å². The SMILES string of the molecule is CCCCOC(=O)C(=Cc1ccc2c(c1)c1ccccc1n2C)NC(=O)c1ccccc1. The van der Waals surface area contributed by atoms with Crippen molar-refractivity contribution in [3.63, 3.8) is 0 Å². The van der Waals surface area contributed by atoms with Crippen molar-refractivity contribution < 1.29 is 14.3 Å². The Morgan fingerprint density at radius 2 is 1.66 bits per heavy atom. The molecule has 32 heavy (non-hydrogen) atoms. The number of carbonyl (C=O) groups excluding carboxylic acids is 2. The number of aryl methyl sites for hydroxylation is 1. The molecule has 0 radical (unpaired) electrons. The molecule has 0 aliphatic heterocycles. The Hall–Kier alpha value is -3.86. The number of amides is 1. The van der Waals surface area contributed by atoms with Gasteiger partial charge in [0.25, 0.3) is 5.91 Å². The average molecular weight is 427 g/mol. The van der Waals surface area contributed by atoms with Gasteiger partial charge in [-0.05, 0) is 48.4 Å². The number of rotatable bonds is 7. The predicted octanol–water partition coefficient (Wildman–Crippen LogP) is 5.45. The lowest BCUT2D eigenvalue weighted by molar-refractivity contribution is -0.139. The molecule has 0 aliphatic carbocycles. The standard InChI is InChI=1S/C27H26N2O3/c1-3-4-16-32-27(31)23(28-26(30)20-10-6-5-7-11-20)18-19-14-15-25-22(17-19)21-12-8-9-13-24(21)29(25)2/h5-15,17-18H,3-4,16H2,1-2H3,(H,28,30). The molecule has 162 valence electrons. The second kappa shape index (κ2) is 9.52. The number of unbranched alkanes of at least 4 members (excludes halogenated alkanes) is 1. The Balaban J connectivity index is 1.71. The van der Waals surface area contributed by atoms with Crippen LogP contribution in [0.4, 0.5) is 0 Å². The molecule has 3 aromatic carbocycles. The minimum absolute atomic E-state index is 0.120. The molecule has 0 fully saturated rings. The Morgan fingerprint density at radius 3 is 2.44 bits per heavy atom. The molecular formula is C27H26N2O3. The maximum absolute atomic E-state index is 12.8. The number of hydrogen-bond acceptors (Lipinski definition) is 3. The molecule has 1 N–H and O–H groups in total. The molecule has 0 bridgehead atoms. The molecular weight excluding hydrogens is 400 g/mol. The number of esters is 1. The largest absolute Gasteiger partial charge is 0.461 e. The number of para-hydroxylation sites is 1. The monoisotopic (exact) mass is 426 g/mol. The first-order valence-electron chi connectivity index (χ1n) is 10.8. The Morgan fingerprint density at radius 1 is 0.938 bits per heavy atom. The molecule has 0 saturated carbocycles. The molecule has 1 heterocycles. The summed E-state index contributed by atoms with van der Waals surface area (Å²) in [6, 6.07) is 23.0. The van der Waals surface area contributed by atoms with Gasteiger partial charge in [-0.1, -0.05) is 55.8 Å². The molecule has 0 spiro atoms. The van der Waals surface area contributed by atoms with Crippen molar-refractivity contribution in [3.8, 4) is 0 Å². The van der Waals surface area contributed by atoms with Crippen LogP contribution in [-0.2, 0) is 16.6 Å². The second-order valence-electron chi connectivity index (χ2n) is 7.72. The fourth-order valence-corrected chi connectivity index (χ4v) is 3.76. The summed E-state index contributed by atoms with van der Waals surface area (Å²) in [6.45, 7) is 2.34. The maximum atomic E-state index is 12.8. The zero-order valence-electron chi connectivity index (χ0n) is 18.3. The predicted molar refractivity (Wildman–Crippen MR) is 128 cm³/mol. The van der Waals surface area contributed by atoms with Gasteiger partial charge in [0.05, 0.1) is 6.61 Å². The van der Waals surface area contributed by atoms with Gasteiger partial charge in [-0.15, -0.1) is 0 Å². The van der Waals surface area contributed by atoms with Crippen molar-refractivity contribution in [2.24, 2.45) is 7.05 Å². The van der Waals surface area contributed by atoms with Crippen molar-refractivity contribution in [1.29, 1.82) is 0 Å². The lowest BCUT2D eigenvalue weighted by Gasteiger charge is -2.10. The highest BCUT2D eigenvalue weighted by Crippen LogP contribution is 2.29. The normalized spacial score (nSPS) is 11.6. The first-order valence-corrected chi connectivity index (χ1v) is 10.8. The van der Waals surface area contributed by atoms with E-state index in [1.165, 1.54) is 0 Å². The van der Waals surface area contributed by atoms with E-state index in [4.69, 9.17) is 4.74 Å². The second-order valence-corrected chi connectivity index (χ2v) is 7.72. The van der Waals surface area contributed by atoms with Crippen LogP contribution in [0.1, 0.15) is 35.7 Å². The Kier molecular flexibility index (Phi) is 6.36. The molecule has 0 aliphatic rings. The van der Waals surface area contributed by atoms with Crippen LogP contribution in [0.2, 0.25) is 0 Å². The third-order valence-corrected chi connectivity index (χ3v) is 5.48. The van der Waals surface area contributed by atoms with Gasteiger partial charge in [0.15, 0.2) is 0 Å². The van der Waals surface area contributed by atoms with E-state index in [-0.39, 0.29) is 11.6 Å². The summed E-state index contributed by atoms with van der Waals surface area (Å²) in [5.41, 5.74) is 3.65. The molecule has 5 heteroatoms. The third-order valence-electron chi connectivity index (χ3n) is 5.48. The number of carbonyl (C=O) groups is 2. The van der Waals surface area contributed by atoms with Gasteiger partial charge in [0.1, 0.15) is 5.70 Å². The minimum atomic E-state index is -0.541. The summed E-state index contributed by atoms with van der Waals surface area (Å²) in [5, 5.41) is 4.97. The highest BCUT2D eigenvalue weighted by atomic mass is 16.5. The Labute approximate surface area is 187 Å². The first kappa shape index (κ1) is 21.4. The quantitative estimate of drug-likeness (QED) is 0.243. The number of ether oxygens (including phenoxy) is 1. The Bertz CT molecular complexity index is 1300. The van der Waals surface area contributed by atoms with Crippen molar-refractivity contribution in [1.82, 2.24) is 9.88 Å². The van der Waals surface area contributed by atoms with Gasteiger partial charge < -0.3 is 14.6 Å². The van der Waals surface area contributed by atoms with E-state index in [1.807, 2.05) is 50.4 Å². The third kappa shape index (κ3) is 4.42. The van der Waals surface area contributed by atoms with Crippen LogP contribution < -0.4 is 5.32 Å². The van der Waals surface area contributed by atoms with Gasteiger partial charge in [-0.2, -0.15) is 0 Å². The van der Waals surface area contributed by atoms with Crippen LogP contribution >= 0.6 is 0 Å². The van der Waals surface area contributed by atoms with Crippen molar-refractivity contribution in [2.75, 3.05) is 6.61 Å². The molecule has 0 unspecified atom stereocenters. The summed E-state index contributed by atoms with van der Waals surface area (Å²) in [4.78, 5) is 25.5. The van der Waals surface area contributed by atoms with E-state index in [9.17, 15) is 9.59 Å². The lowest BCUT2D eigenvalue weighted by atomic mass is 10.1. The van der Waals surface area contributed by atoms with E-state index >= 15 is 0 Å². The molecule has 4 aromatic rings. The van der Waals surface area contributed by atoms with Crippen molar-refractivity contribution in [2.45, 2.75) is 19.8 Å². The van der Waals surface area contributed by atoms with Crippen molar-refractivity contribution >= 4 is 39.8 Å². The number of fused-ring (bicyclic) bond motifs is 3. The zero-order valence-corrected chi connectivity index (χ0v) is 18.3. The number of aromatic nitrogens is 1. The molecule has 1 amide bonds. The molecule has 5 nitrogen and oxygen atoms in total. The van der Waals surface area contributed by atoms with E-state index in [2.05, 4.69) is 22.0 Å². The number of nitrogens with one attached hydrogen (secondary N) is 1. The van der Waals surface area contributed by atoms with Gasteiger partial charge in [-0.25, -0.2) is 4.79 Å². The first-order chi connectivity index (χ1) is 15.6. The fraction of sp³-hybridized carbons (Fsp3) is 0.185.